The van der Waals surface area contributed by atoms with Crippen LogP contribution < -0.4 is 9.80 Å². The number of carbonyl (C=O) groups is 2. The van der Waals surface area contributed by atoms with Crippen LogP contribution in [0.3, 0.4) is 0 Å². The predicted molar refractivity (Wildman–Crippen MR) is 299 cm³/mol. The standard InChI is InChI=1S/C28H34N2O4S.C18H24INO4S.C10H11N/c1-28(27(31)34-4,35(5,32)33)18-21-30-19-16-25(17-20-30)24-12-8-22(9-13-24)6-7-23-10-14-26(15-11-23)29(2)3;1-18(17(21)24-2,25(3,22)23)10-13-20-11-8-15(9-12-20)14-4-6-16(19)7-5-14;1-4-9-5-7-10(8-6-9)11(2)3/h8-16H,17-21H2,1-5H3;4-8H,9-13H2,1-3H3;1,5-8H,2-3H3. The van der Waals surface area contributed by atoms with Gasteiger partial charge in [0, 0.05) is 112 Å². The van der Waals surface area contributed by atoms with Crippen molar-refractivity contribution in [3.63, 3.8) is 0 Å². The summed E-state index contributed by atoms with van der Waals surface area (Å²) in [5.41, 5.74) is 10.2. The second kappa shape index (κ2) is 26.3. The first-order chi connectivity index (χ1) is 33.4. The maximum absolute atomic E-state index is 12.2. The van der Waals surface area contributed by atoms with Crippen molar-refractivity contribution < 1.29 is 35.9 Å². The van der Waals surface area contributed by atoms with Crippen LogP contribution in [0.15, 0.2) is 109 Å². The van der Waals surface area contributed by atoms with E-state index >= 15 is 0 Å². The highest BCUT2D eigenvalue weighted by Crippen LogP contribution is 2.29. The summed E-state index contributed by atoms with van der Waals surface area (Å²) in [6, 6.07) is 32.8. The molecule has 2 heterocycles. The number of methoxy groups -OCH3 is 2. The van der Waals surface area contributed by atoms with Crippen molar-refractivity contribution >= 4 is 76.7 Å². The number of ether oxygens (including phenoxy) is 2. The zero-order chi connectivity index (χ0) is 52.6. The quantitative estimate of drug-likeness (QED) is 0.0687. The molecular weight excluding hydrogens is 1050 g/mol. The smallest absolute Gasteiger partial charge is 0.326 e. The van der Waals surface area contributed by atoms with Crippen molar-refractivity contribution in [2.24, 2.45) is 0 Å². The molecule has 4 aromatic carbocycles. The fraction of sp³-hybridized carbons (Fsp3) is 0.393. The molecule has 2 aliphatic heterocycles. The Morgan fingerprint density at radius 1 is 0.606 bits per heavy atom. The molecular formula is C56H69IN4O8S2. The summed E-state index contributed by atoms with van der Waals surface area (Å²) >= 11 is 2.29. The summed E-state index contributed by atoms with van der Waals surface area (Å²) in [7, 11) is 3.34. The Balaban J connectivity index is 0.000000263. The molecule has 71 heavy (non-hydrogen) atoms. The van der Waals surface area contributed by atoms with Crippen LogP contribution >= 0.6 is 22.6 Å². The van der Waals surface area contributed by atoms with E-state index in [9.17, 15) is 26.4 Å². The molecule has 0 saturated carbocycles. The largest absolute Gasteiger partial charge is 0.468 e. The lowest BCUT2D eigenvalue weighted by molar-refractivity contribution is -0.144. The van der Waals surface area contributed by atoms with Gasteiger partial charge < -0.3 is 19.3 Å². The average Bonchev–Trinajstić information content (AvgIpc) is 3.36. The number of hydrogen-bond donors (Lipinski definition) is 0. The Bertz CT molecular complexity index is 2830. The van der Waals surface area contributed by atoms with Crippen molar-refractivity contribution in [1.29, 1.82) is 0 Å². The molecule has 0 N–H and O–H groups in total. The second-order valence-corrected chi connectivity index (χ2v) is 24.5. The number of nitrogens with zero attached hydrogens (tertiary/aromatic N) is 4. The molecule has 0 spiro atoms. The number of esters is 2. The molecule has 380 valence electrons. The summed E-state index contributed by atoms with van der Waals surface area (Å²) in [6.45, 7) is 7.05. The van der Waals surface area contributed by atoms with Crippen LogP contribution in [0, 0.1) is 27.8 Å². The van der Waals surface area contributed by atoms with E-state index in [4.69, 9.17) is 15.9 Å². The third-order valence-electron chi connectivity index (χ3n) is 13.0. The fourth-order valence-corrected chi connectivity index (χ4v) is 9.74. The first-order valence-electron chi connectivity index (χ1n) is 23.2. The van der Waals surface area contributed by atoms with E-state index in [1.165, 1.54) is 59.6 Å². The molecule has 0 bridgehead atoms. The lowest BCUT2D eigenvalue weighted by Gasteiger charge is -2.31. The van der Waals surface area contributed by atoms with Crippen molar-refractivity contribution in [3.05, 3.63) is 141 Å². The van der Waals surface area contributed by atoms with E-state index in [1.54, 1.807) is 0 Å². The summed E-state index contributed by atoms with van der Waals surface area (Å²) in [5, 5.41) is 0. The highest BCUT2D eigenvalue weighted by Gasteiger charge is 2.45. The normalized spacial score (nSPS) is 15.6. The SMILES string of the molecule is C#Cc1ccc(N(C)C)cc1.COC(=O)C(C)(CCN1CC=C(c2ccc(C#Cc3ccc(N(C)C)cc3)cc2)CC1)S(C)(=O)=O.COC(=O)C(C)(CCN1CC=C(c2ccc(I)cc2)CC1)S(C)(=O)=O. The molecule has 6 rings (SSSR count). The summed E-state index contributed by atoms with van der Waals surface area (Å²) < 4.78 is 56.2. The highest BCUT2D eigenvalue weighted by atomic mass is 127. The minimum absolute atomic E-state index is 0.201. The van der Waals surface area contributed by atoms with Gasteiger partial charge in [-0.2, -0.15) is 0 Å². The fourth-order valence-electron chi connectivity index (χ4n) is 7.68. The van der Waals surface area contributed by atoms with Crippen LogP contribution in [-0.2, 0) is 38.7 Å². The van der Waals surface area contributed by atoms with E-state index in [1.807, 2.05) is 81.6 Å². The van der Waals surface area contributed by atoms with Gasteiger partial charge in [-0.05, 0) is 157 Å². The molecule has 2 atom stereocenters. The predicted octanol–water partition coefficient (Wildman–Crippen LogP) is 8.09. The van der Waals surface area contributed by atoms with Crippen molar-refractivity contribution in [3.8, 4) is 24.2 Å². The minimum atomic E-state index is -3.59. The Labute approximate surface area is 437 Å². The molecule has 0 radical (unpaired) electrons. The van der Waals surface area contributed by atoms with E-state index in [0.717, 1.165) is 67.4 Å². The zero-order valence-corrected chi connectivity index (χ0v) is 46.6. The molecule has 15 heteroatoms. The van der Waals surface area contributed by atoms with Gasteiger partial charge in [-0.15, -0.1) is 6.42 Å². The van der Waals surface area contributed by atoms with Gasteiger partial charge in [-0.3, -0.25) is 19.4 Å². The topological polar surface area (TPSA) is 134 Å². The van der Waals surface area contributed by atoms with Crippen LogP contribution in [0.5, 0.6) is 0 Å². The highest BCUT2D eigenvalue weighted by molar-refractivity contribution is 14.1. The van der Waals surface area contributed by atoms with E-state index < -0.39 is 41.1 Å². The molecule has 0 amide bonds. The van der Waals surface area contributed by atoms with E-state index in [2.05, 4.69) is 116 Å². The number of sulfone groups is 2. The van der Waals surface area contributed by atoms with Crippen molar-refractivity contribution in [2.75, 3.05) is 104 Å². The lowest BCUT2D eigenvalue weighted by Crippen LogP contribution is -2.46. The van der Waals surface area contributed by atoms with Gasteiger partial charge in [-0.1, -0.05) is 54.2 Å². The van der Waals surface area contributed by atoms with Gasteiger partial charge in [0.1, 0.15) is 0 Å². The summed E-state index contributed by atoms with van der Waals surface area (Å²) in [4.78, 5) is 32.6. The molecule has 12 nitrogen and oxygen atoms in total. The third-order valence-corrected chi connectivity index (χ3v) is 17.8. The molecule has 0 fully saturated rings. The molecule has 0 saturated heterocycles. The Morgan fingerprint density at radius 3 is 1.24 bits per heavy atom. The second-order valence-electron chi connectivity index (χ2n) is 18.4. The van der Waals surface area contributed by atoms with Crippen molar-refractivity contribution in [1.82, 2.24) is 9.80 Å². The van der Waals surface area contributed by atoms with Crippen molar-refractivity contribution in [2.45, 2.75) is 49.0 Å². The summed E-state index contributed by atoms with van der Waals surface area (Å²) in [5.74, 6) is 7.62. The van der Waals surface area contributed by atoms with Crippen LogP contribution in [0.25, 0.3) is 11.1 Å². The van der Waals surface area contributed by atoms with Gasteiger partial charge in [-0.25, -0.2) is 16.8 Å². The van der Waals surface area contributed by atoms with Crippen LogP contribution in [0.1, 0.15) is 67.3 Å². The number of benzene rings is 4. The average molecular weight is 1120 g/mol. The Kier molecular flexibility index (Phi) is 21.6. The minimum Gasteiger partial charge on any atom is -0.468 e. The third kappa shape index (κ3) is 16.6. The van der Waals surface area contributed by atoms with Gasteiger partial charge in [0.2, 0.25) is 0 Å². The van der Waals surface area contributed by atoms with Gasteiger partial charge >= 0.3 is 11.9 Å². The number of rotatable bonds is 14. The maximum Gasteiger partial charge on any atom is 0.326 e. The van der Waals surface area contributed by atoms with Crippen LogP contribution in [-0.4, -0.2) is 142 Å². The summed E-state index contributed by atoms with van der Waals surface area (Å²) in [6.07, 6.45) is 13.9. The first kappa shape index (κ1) is 58.1. The first-order valence-corrected chi connectivity index (χ1v) is 28.1. The van der Waals surface area contributed by atoms with E-state index in [0.29, 0.717) is 19.6 Å². The number of carbonyl (C=O) groups excluding carboxylic acids is 2. The van der Waals surface area contributed by atoms with Gasteiger partial charge in [0.05, 0.1) is 14.2 Å². The number of halogens is 1. The molecule has 2 aliphatic rings. The van der Waals surface area contributed by atoms with Gasteiger partial charge in [0.25, 0.3) is 0 Å². The molecule has 0 aromatic heterocycles. The molecule has 4 aromatic rings. The zero-order valence-electron chi connectivity index (χ0n) is 42.8. The Morgan fingerprint density at radius 2 is 0.944 bits per heavy atom. The number of anilines is 2. The van der Waals surface area contributed by atoms with Crippen LogP contribution in [0.4, 0.5) is 11.4 Å². The number of hydrogen-bond acceptors (Lipinski definition) is 12. The van der Waals surface area contributed by atoms with Gasteiger partial charge in [0.15, 0.2) is 29.2 Å². The monoisotopic (exact) mass is 1120 g/mol. The maximum atomic E-state index is 12.2. The Hall–Kier alpha value is -5.43. The lowest BCUT2D eigenvalue weighted by atomic mass is 9.98. The molecule has 2 unspecified atom stereocenters. The molecule has 0 aliphatic carbocycles. The van der Waals surface area contributed by atoms with E-state index in [-0.39, 0.29) is 12.8 Å². The van der Waals surface area contributed by atoms with Crippen LogP contribution in [0.2, 0.25) is 0 Å². The number of terminal acetylenes is 1.